The molecule has 1 fully saturated rings. The molecule has 1 saturated heterocycles. The Morgan fingerprint density at radius 1 is 1.00 bits per heavy atom. The average molecular weight is 489 g/mol. The zero-order chi connectivity index (χ0) is 24.0. The van der Waals surface area contributed by atoms with Crippen molar-refractivity contribution in [3.63, 3.8) is 0 Å². The van der Waals surface area contributed by atoms with E-state index in [1.165, 1.54) is 17.3 Å². The van der Waals surface area contributed by atoms with E-state index in [9.17, 15) is 4.79 Å². The third-order valence-electron chi connectivity index (χ3n) is 6.09. The van der Waals surface area contributed by atoms with Crippen LogP contribution < -0.4 is 0 Å². The SMILES string of the molecule is CC(Sc1nnc(-c2cccnc2)n1Cc1ccco1)C(=O)N1CCN(Cc2ccccc2)CC1. The molecule has 0 N–H and O–H groups in total. The van der Waals surface area contributed by atoms with E-state index in [1.807, 2.05) is 46.7 Å². The molecular formula is C26H28N6O2S. The minimum Gasteiger partial charge on any atom is -0.467 e. The molecule has 0 aliphatic carbocycles. The molecule has 1 aromatic carbocycles. The smallest absolute Gasteiger partial charge is 0.235 e. The van der Waals surface area contributed by atoms with Crippen molar-refractivity contribution in [1.82, 2.24) is 29.5 Å². The molecule has 1 aliphatic rings. The Kier molecular flexibility index (Phi) is 7.25. The number of amides is 1. The summed E-state index contributed by atoms with van der Waals surface area (Å²) in [7, 11) is 0. The number of nitrogens with zero attached hydrogens (tertiary/aromatic N) is 6. The van der Waals surface area contributed by atoms with Gasteiger partial charge in [0.15, 0.2) is 11.0 Å². The Morgan fingerprint density at radius 3 is 2.54 bits per heavy atom. The highest BCUT2D eigenvalue weighted by molar-refractivity contribution is 8.00. The van der Waals surface area contributed by atoms with Gasteiger partial charge in [-0.15, -0.1) is 10.2 Å². The maximum absolute atomic E-state index is 13.3. The number of piperazine rings is 1. The van der Waals surface area contributed by atoms with Crippen molar-refractivity contribution >= 4 is 17.7 Å². The Labute approximate surface area is 209 Å². The summed E-state index contributed by atoms with van der Waals surface area (Å²) in [5, 5.41) is 9.25. The minimum absolute atomic E-state index is 0.129. The van der Waals surface area contributed by atoms with E-state index in [4.69, 9.17) is 4.42 Å². The molecule has 35 heavy (non-hydrogen) atoms. The molecule has 0 radical (unpaired) electrons. The Balaban J connectivity index is 1.25. The van der Waals surface area contributed by atoms with Gasteiger partial charge in [-0.05, 0) is 36.8 Å². The number of hydrogen-bond acceptors (Lipinski definition) is 7. The first-order valence-electron chi connectivity index (χ1n) is 11.7. The maximum Gasteiger partial charge on any atom is 0.235 e. The van der Waals surface area contributed by atoms with Crippen molar-refractivity contribution < 1.29 is 9.21 Å². The Morgan fingerprint density at radius 2 is 1.83 bits per heavy atom. The van der Waals surface area contributed by atoms with E-state index < -0.39 is 0 Å². The summed E-state index contributed by atoms with van der Waals surface area (Å²) in [6.07, 6.45) is 5.15. The number of pyridine rings is 1. The van der Waals surface area contributed by atoms with E-state index in [0.29, 0.717) is 17.5 Å². The lowest BCUT2D eigenvalue weighted by Crippen LogP contribution is -2.50. The van der Waals surface area contributed by atoms with Crippen molar-refractivity contribution in [3.8, 4) is 11.4 Å². The molecule has 0 spiro atoms. The lowest BCUT2D eigenvalue weighted by molar-refractivity contribution is -0.132. The van der Waals surface area contributed by atoms with Crippen LogP contribution in [0, 0.1) is 0 Å². The Bertz CT molecular complexity index is 1220. The first kappa shape index (κ1) is 23.3. The van der Waals surface area contributed by atoms with Gasteiger partial charge in [0.1, 0.15) is 5.76 Å². The van der Waals surface area contributed by atoms with Crippen molar-refractivity contribution in [3.05, 3.63) is 84.6 Å². The van der Waals surface area contributed by atoms with Gasteiger partial charge in [-0.25, -0.2) is 0 Å². The topological polar surface area (TPSA) is 80.3 Å². The van der Waals surface area contributed by atoms with Crippen LogP contribution in [0.1, 0.15) is 18.2 Å². The third-order valence-corrected chi connectivity index (χ3v) is 7.16. The molecule has 0 bridgehead atoms. The molecule has 8 nitrogen and oxygen atoms in total. The fraction of sp³-hybridized carbons (Fsp3) is 0.308. The van der Waals surface area contributed by atoms with Gasteiger partial charge in [0.05, 0.1) is 18.1 Å². The van der Waals surface area contributed by atoms with E-state index >= 15 is 0 Å². The summed E-state index contributed by atoms with van der Waals surface area (Å²) in [6, 6.07) is 18.1. The zero-order valence-electron chi connectivity index (χ0n) is 19.7. The van der Waals surface area contributed by atoms with Crippen molar-refractivity contribution in [2.75, 3.05) is 26.2 Å². The highest BCUT2D eigenvalue weighted by atomic mass is 32.2. The van der Waals surface area contributed by atoms with Crippen molar-refractivity contribution in [1.29, 1.82) is 0 Å². The summed E-state index contributed by atoms with van der Waals surface area (Å²) in [4.78, 5) is 21.9. The number of hydrogen-bond donors (Lipinski definition) is 0. The van der Waals surface area contributed by atoms with E-state index in [2.05, 4.69) is 44.3 Å². The third kappa shape index (κ3) is 5.63. The van der Waals surface area contributed by atoms with Crippen molar-refractivity contribution in [2.45, 2.75) is 30.4 Å². The van der Waals surface area contributed by atoms with Crippen LogP contribution in [-0.4, -0.2) is 66.9 Å². The van der Waals surface area contributed by atoms with Crippen LogP contribution >= 0.6 is 11.8 Å². The van der Waals surface area contributed by atoms with Crippen LogP contribution in [0.4, 0.5) is 0 Å². The van der Waals surface area contributed by atoms with Gasteiger partial charge in [-0.2, -0.15) is 0 Å². The number of carbonyl (C=O) groups is 1. The van der Waals surface area contributed by atoms with E-state index in [-0.39, 0.29) is 11.2 Å². The quantitative estimate of drug-likeness (QED) is 0.349. The Hall–Kier alpha value is -3.43. The van der Waals surface area contributed by atoms with Gasteiger partial charge in [0, 0.05) is 50.7 Å². The summed E-state index contributed by atoms with van der Waals surface area (Å²) in [5.74, 6) is 1.63. The number of benzene rings is 1. The van der Waals surface area contributed by atoms with E-state index in [0.717, 1.165) is 44.0 Å². The molecule has 3 aromatic heterocycles. The highest BCUT2D eigenvalue weighted by Gasteiger charge is 2.27. The molecule has 1 atom stereocenters. The van der Waals surface area contributed by atoms with Gasteiger partial charge in [0.2, 0.25) is 5.91 Å². The first-order valence-corrected chi connectivity index (χ1v) is 12.6. The predicted octanol–water partition coefficient (Wildman–Crippen LogP) is 3.81. The summed E-state index contributed by atoms with van der Waals surface area (Å²) >= 11 is 1.44. The molecule has 4 aromatic rings. The average Bonchev–Trinajstić information content (AvgIpc) is 3.56. The normalized spacial score (nSPS) is 15.3. The fourth-order valence-electron chi connectivity index (χ4n) is 4.22. The van der Waals surface area contributed by atoms with Crippen LogP contribution in [0.15, 0.2) is 82.8 Å². The van der Waals surface area contributed by atoms with Gasteiger partial charge in [-0.3, -0.25) is 19.2 Å². The predicted molar refractivity (Wildman–Crippen MR) is 135 cm³/mol. The maximum atomic E-state index is 13.3. The molecule has 180 valence electrons. The van der Waals surface area contributed by atoms with Gasteiger partial charge >= 0.3 is 0 Å². The summed E-state index contributed by atoms with van der Waals surface area (Å²) < 4.78 is 7.56. The lowest BCUT2D eigenvalue weighted by atomic mass is 10.2. The van der Waals surface area contributed by atoms with Crippen LogP contribution in [0.5, 0.6) is 0 Å². The second-order valence-corrected chi connectivity index (χ2v) is 9.87. The first-order chi connectivity index (χ1) is 17.2. The fourth-order valence-corrected chi connectivity index (χ4v) is 5.15. The molecule has 1 aliphatic heterocycles. The minimum atomic E-state index is -0.281. The second kappa shape index (κ2) is 10.9. The van der Waals surface area contributed by atoms with Crippen LogP contribution in [0.2, 0.25) is 0 Å². The number of furan rings is 1. The molecule has 9 heteroatoms. The van der Waals surface area contributed by atoms with E-state index in [1.54, 1.807) is 18.7 Å². The van der Waals surface area contributed by atoms with Gasteiger partial charge in [0.25, 0.3) is 0 Å². The highest BCUT2D eigenvalue weighted by Crippen LogP contribution is 2.28. The second-order valence-electron chi connectivity index (χ2n) is 8.56. The molecule has 1 unspecified atom stereocenters. The van der Waals surface area contributed by atoms with Gasteiger partial charge in [-0.1, -0.05) is 42.1 Å². The molecule has 4 heterocycles. The molecule has 0 saturated carbocycles. The largest absolute Gasteiger partial charge is 0.467 e. The number of thioether (sulfide) groups is 1. The van der Waals surface area contributed by atoms with Gasteiger partial charge < -0.3 is 9.32 Å². The summed E-state index contributed by atoms with van der Waals surface area (Å²) in [6.45, 7) is 6.55. The molecule has 1 amide bonds. The van der Waals surface area contributed by atoms with Crippen LogP contribution in [0.25, 0.3) is 11.4 Å². The number of aromatic nitrogens is 4. The monoisotopic (exact) mass is 488 g/mol. The molecular weight excluding hydrogens is 460 g/mol. The van der Waals surface area contributed by atoms with Crippen LogP contribution in [0.3, 0.4) is 0 Å². The molecule has 5 rings (SSSR count). The van der Waals surface area contributed by atoms with Crippen molar-refractivity contribution in [2.24, 2.45) is 0 Å². The standard InChI is InChI=1S/C26H28N6O2S/c1-20(25(33)31-14-12-30(13-15-31)18-21-7-3-2-4-8-21)35-26-29-28-24(22-9-5-11-27-17-22)32(26)19-23-10-6-16-34-23/h2-11,16-17,20H,12-15,18-19H2,1H3. The lowest BCUT2D eigenvalue weighted by Gasteiger charge is -2.35. The van der Waals surface area contributed by atoms with Crippen LogP contribution in [-0.2, 0) is 17.9 Å². The number of rotatable bonds is 8. The summed E-state index contributed by atoms with van der Waals surface area (Å²) in [5.41, 5.74) is 2.17. The number of carbonyl (C=O) groups excluding carboxylic acids is 1. The zero-order valence-corrected chi connectivity index (χ0v) is 20.5.